The lowest BCUT2D eigenvalue weighted by molar-refractivity contribution is 0.135. The lowest BCUT2D eigenvalue weighted by Gasteiger charge is -2.11. The number of benzene rings is 2. The molecule has 6 N–H and O–H groups in total. The summed E-state index contributed by atoms with van der Waals surface area (Å²) in [6, 6.07) is 8.75. The predicted octanol–water partition coefficient (Wildman–Crippen LogP) is 2.27. The first-order valence-electron chi connectivity index (χ1n) is 10.3. The van der Waals surface area contributed by atoms with Crippen LogP contribution in [0.2, 0.25) is 5.02 Å². The van der Waals surface area contributed by atoms with Gasteiger partial charge in [0.25, 0.3) is 5.56 Å². The maximum atomic E-state index is 13.2. The van der Waals surface area contributed by atoms with Gasteiger partial charge in [-0.15, -0.1) is 3.89 Å². The molecule has 196 valence electrons. The summed E-state index contributed by atoms with van der Waals surface area (Å²) in [4.78, 5) is 34.2. The number of imidazole rings is 1. The Morgan fingerprint density at radius 3 is 2.68 bits per heavy atom. The summed E-state index contributed by atoms with van der Waals surface area (Å²) in [5.74, 6) is -0.0766. The van der Waals surface area contributed by atoms with E-state index in [-0.39, 0.29) is 34.4 Å². The second kappa shape index (κ2) is 11.8. The van der Waals surface area contributed by atoms with Crippen LogP contribution in [0.25, 0.3) is 16.9 Å². The first kappa shape index (κ1) is 27.5. The number of halogens is 2. The van der Waals surface area contributed by atoms with Crippen molar-refractivity contribution in [2.45, 2.75) is 4.90 Å². The monoisotopic (exact) mass is 553 g/mol. The van der Waals surface area contributed by atoms with Crippen molar-refractivity contribution in [1.29, 1.82) is 0 Å². The number of hydrogen-bond acceptors (Lipinski definition) is 9. The van der Waals surface area contributed by atoms with Crippen molar-refractivity contribution in [3.63, 3.8) is 0 Å². The van der Waals surface area contributed by atoms with Crippen molar-refractivity contribution in [3.8, 4) is 5.69 Å². The minimum atomic E-state index is -4.97. The molecule has 0 spiro atoms. The maximum Gasteiger partial charge on any atom is 0.332 e. The van der Waals surface area contributed by atoms with E-state index in [1.54, 1.807) is 31.4 Å². The molecule has 0 atom stereocenters. The van der Waals surface area contributed by atoms with Crippen molar-refractivity contribution in [1.82, 2.24) is 19.5 Å². The number of hydrogen-bond donors (Lipinski definition) is 5. The molecule has 0 aliphatic heterocycles. The highest BCUT2D eigenvalue weighted by atomic mass is 35.5. The number of ether oxygens (including phenoxy) is 1. The van der Waals surface area contributed by atoms with Crippen molar-refractivity contribution >= 4 is 56.3 Å². The van der Waals surface area contributed by atoms with Crippen LogP contribution in [0, 0.1) is 0 Å². The number of nitrogens with zero attached hydrogens (tertiary/aromatic N) is 3. The Morgan fingerprint density at radius 1 is 1.27 bits per heavy atom. The molecule has 2 aromatic carbocycles. The van der Waals surface area contributed by atoms with Gasteiger partial charge in [0.15, 0.2) is 11.2 Å². The third kappa shape index (κ3) is 7.01. The molecule has 37 heavy (non-hydrogen) atoms. The number of fused-ring (bicyclic) bond motifs is 1. The predicted molar refractivity (Wildman–Crippen MR) is 135 cm³/mol. The van der Waals surface area contributed by atoms with E-state index in [0.29, 0.717) is 18.0 Å². The normalized spacial score (nSPS) is 11.0. The average Bonchev–Trinajstić information content (AvgIpc) is 3.25. The van der Waals surface area contributed by atoms with E-state index < -0.39 is 26.7 Å². The number of methoxy groups -OCH3 is 1. The topological polar surface area (TPSA) is 194 Å². The van der Waals surface area contributed by atoms with Crippen LogP contribution in [0.5, 0.6) is 0 Å². The molecule has 0 aliphatic rings. The SMILES string of the molecule is COCCO.Nc1nc2c(ncn2-c2cccc(NC(=O)Nc3cc(S(=O)(=O)F)ccc3Cl)c2)c(=O)[nH]1. The number of H-pyrrole nitrogens is 1. The molecule has 2 heterocycles. The third-order valence-corrected chi connectivity index (χ3v) is 5.72. The first-order chi connectivity index (χ1) is 17.5. The van der Waals surface area contributed by atoms with Gasteiger partial charge in [-0.05, 0) is 36.4 Å². The maximum absolute atomic E-state index is 13.2. The number of rotatable bonds is 6. The van der Waals surface area contributed by atoms with Gasteiger partial charge in [-0.25, -0.2) is 9.78 Å². The molecule has 0 bridgehead atoms. The number of aromatic nitrogens is 4. The fourth-order valence-electron chi connectivity index (χ4n) is 2.98. The van der Waals surface area contributed by atoms with E-state index in [9.17, 15) is 21.9 Å². The zero-order valence-electron chi connectivity index (χ0n) is 19.1. The van der Waals surface area contributed by atoms with Gasteiger partial charge in [0, 0.05) is 12.8 Å². The minimum Gasteiger partial charge on any atom is -0.394 e. The molecule has 13 nitrogen and oxygen atoms in total. The summed E-state index contributed by atoms with van der Waals surface area (Å²) in [5, 5.41) is 12.9. The second-order valence-corrected chi connectivity index (χ2v) is 8.92. The van der Waals surface area contributed by atoms with E-state index in [4.69, 9.17) is 22.4 Å². The van der Waals surface area contributed by atoms with Crippen molar-refractivity contribution in [3.05, 3.63) is 64.2 Å². The Kier molecular flexibility index (Phi) is 8.77. The van der Waals surface area contributed by atoms with E-state index in [2.05, 4.69) is 30.3 Å². The number of aliphatic hydroxyl groups is 1. The number of urea groups is 1. The van der Waals surface area contributed by atoms with Gasteiger partial charge >= 0.3 is 16.3 Å². The molecule has 0 saturated carbocycles. The Hall–Kier alpha value is -4.05. The van der Waals surface area contributed by atoms with Gasteiger partial charge in [-0.3, -0.25) is 14.3 Å². The van der Waals surface area contributed by atoms with Gasteiger partial charge < -0.3 is 26.2 Å². The third-order valence-electron chi connectivity index (χ3n) is 4.57. The van der Waals surface area contributed by atoms with E-state index in [1.165, 1.54) is 10.9 Å². The Bertz CT molecular complexity index is 1590. The van der Waals surface area contributed by atoms with Crippen LogP contribution in [-0.4, -0.2) is 59.4 Å². The fourth-order valence-corrected chi connectivity index (χ4v) is 3.63. The number of carbonyl (C=O) groups is 1. The molecule has 0 aliphatic carbocycles. The first-order valence-corrected chi connectivity index (χ1v) is 12.0. The molecule has 0 unspecified atom stereocenters. The number of aliphatic hydroxyl groups excluding tert-OH is 1. The zero-order valence-corrected chi connectivity index (χ0v) is 20.7. The highest BCUT2D eigenvalue weighted by Gasteiger charge is 2.16. The van der Waals surface area contributed by atoms with Gasteiger partial charge in [0.05, 0.1) is 29.6 Å². The Balaban J connectivity index is 0.000000695. The van der Waals surface area contributed by atoms with Gasteiger partial charge in [-0.2, -0.15) is 13.4 Å². The van der Waals surface area contributed by atoms with Gasteiger partial charge in [0.2, 0.25) is 5.95 Å². The molecular formula is C21H21ClFN7O6S. The number of carbonyl (C=O) groups excluding carboxylic acids is 1. The molecule has 0 saturated heterocycles. The minimum absolute atomic E-state index is 0.0140. The fraction of sp³-hybridized carbons (Fsp3) is 0.143. The highest BCUT2D eigenvalue weighted by Crippen LogP contribution is 2.26. The van der Waals surface area contributed by atoms with Crippen LogP contribution in [0.15, 0.2) is 58.5 Å². The average molecular weight is 554 g/mol. The van der Waals surface area contributed by atoms with Crippen LogP contribution >= 0.6 is 11.6 Å². The number of aromatic amines is 1. The molecule has 2 amide bonds. The summed E-state index contributed by atoms with van der Waals surface area (Å²) in [6.45, 7) is 0.566. The standard InChI is InChI=1S/C18H13ClFN7O4S.C3H8O2/c19-12-5-4-11(32(20,30)31)7-13(12)24-18(29)23-9-2-1-3-10(6-9)27-8-22-14-15(27)25-17(21)26-16(14)28;1-5-3-2-4/h1-8H,(H2,23,24,29)(H3,21,25,26,28);4H,2-3H2,1H3. The highest BCUT2D eigenvalue weighted by molar-refractivity contribution is 7.86. The number of nitrogen functional groups attached to an aromatic ring is 1. The van der Waals surface area contributed by atoms with E-state index in [0.717, 1.165) is 18.2 Å². The molecular weight excluding hydrogens is 533 g/mol. The molecule has 2 aromatic heterocycles. The number of amides is 2. The van der Waals surface area contributed by atoms with Crippen molar-refractivity contribution in [2.75, 3.05) is 36.7 Å². The largest absolute Gasteiger partial charge is 0.394 e. The van der Waals surface area contributed by atoms with Gasteiger partial charge in [-0.1, -0.05) is 17.7 Å². The molecule has 4 aromatic rings. The smallest absolute Gasteiger partial charge is 0.332 e. The molecule has 4 rings (SSSR count). The molecule has 16 heteroatoms. The van der Waals surface area contributed by atoms with Crippen LogP contribution in [0.3, 0.4) is 0 Å². The van der Waals surface area contributed by atoms with E-state index in [1.807, 2.05) is 0 Å². The molecule has 0 radical (unpaired) electrons. The van der Waals surface area contributed by atoms with Crippen molar-refractivity contribution in [2.24, 2.45) is 0 Å². The number of nitrogens with one attached hydrogen (secondary N) is 3. The second-order valence-electron chi connectivity index (χ2n) is 7.16. The summed E-state index contributed by atoms with van der Waals surface area (Å²) in [6.07, 6.45) is 1.38. The zero-order chi connectivity index (χ0) is 27.2. The lowest BCUT2D eigenvalue weighted by atomic mass is 10.2. The quantitative estimate of drug-likeness (QED) is 0.222. The summed E-state index contributed by atoms with van der Waals surface area (Å²) in [7, 11) is -3.42. The lowest BCUT2D eigenvalue weighted by Crippen LogP contribution is -2.20. The summed E-state index contributed by atoms with van der Waals surface area (Å²) >= 11 is 5.95. The number of anilines is 3. The number of nitrogens with two attached hydrogens (primary N) is 1. The molecule has 0 fully saturated rings. The van der Waals surface area contributed by atoms with Crippen LogP contribution < -0.4 is 21.9 Å². The summed E-state index contributed by atoms with van der Waals surface area (Å²) in [5.41, 5.74) is 6.19. The van der Waals surface area contributed by atoms with E-state index >= 15 is 0 Å². The Morgan fingerprint density at radius 2 is 2.03 bits per heavy atom. The van der Waals surface area contributed by atoms with Crippen molar-refractivity contribution < 1.29 is 26.9 Å². The van der Waals surface area contributed by atoms with Gasteiger partial charge in [0.1, 0.15) is 11.2 Å². The Labute approximate surface area is 214 Å². The van der Waals surface area contributed by atoms with Crippen LogP contribution in [0.4, 0.5) is 26.0 Å². The van der Waals surface area contributed by atoms with Crippen LogP contribution in [0.1, 0.15) is 0 Å². The summed E-state index contributed by atoms with van der Waals surface area (Å²) < 4.78 is 41.3. The van der Waals surface area contributed by atoms with Crippen LogP contribution in [-0.2, 0) is 15.0 Å².